The highest BCUT2D eigenvalue weighted by atomic mass is 16.5. The minimum atomic E-state index is -0.458. The first-order valence-electron chi connectivity index (χ1n) is 8.38. The molecule has 1 amide bonds. The molecule has 1 atom stereocenters. The number of carbonyl (C=O) groups is 1. The maximum atomic E-state index is 12.2. The number of fused-ring (bicyclic) bond motifs is 1. The molecule has 3 aromatic rings. The zero-order chi connectivity index (χ0) is 18.4. The molecule has 3 aromatic carbocycles. The Labute approximate surface area is 152 Å². The molecule has 0 saturated heterocycles. The fourth-order valence-electron chi connectivity index (χ4n) is 2.62. The average Bonchev–Trinajstić information content (AvgIpc) is 2.68. The van der Waals surface area contributed by atoms with Gasteiger partial charge in [-0.05, 0) is 41.5 Å². The second kappa shape index (κ2) is 8.16. The van der Waals surface area contributed by atoms with Crippen LogP contribution in [0.15, 0.2) is 71.8 Å². The van der Waals surface area contributed by atoms with Gasteiger partial charge in [-0.15, -0.1) is 0 Å². The van der Waals surface area contributed by atoms with Gasteiger partial charge in [-0.1, -0.05) is 48.5 Å². The number of ether oxygens (including phenoxy) is 1. The third-order valence-electron chi connectivity index (χ3n) is 4.03. The summed E-state index contributed by atoms with van der Waals surface area (Å²) in [6.45, 7) is 1.77. The van der Waals surface area contributed by atoms with E-state index in [9.17, 15) is 4.79 Å². The van der Waals surface area contributed by atoms with Gasteiger partial charge in [0.2, 0.25) is 0 Å². The molecule has 3 rings (SSSR count). The van der Waals surface area contributed by atoms with Crippen LogP contribution in [0.25, 0.3) is 10.8 Å². The molecule has 0 aromatic heterocycles. The number of amides is 1. The highest BCUT2D eigenvalue weighted by Crippen LogP contribution is 2.23. The summed E-state index contributed by atoms with van der Waals surface area (Å²) in [7, 11) is 1.60. The van der Waals surface area contributed by atoms with Crippen molar-refractivity contribution in [3.05, 3.63) is 72.3 Å². The van der Waals surface area contributed by atoms with Crippen molar-refractivity contribution in [2.45, 2.75) is 13.0 Å². The molecular formula is C21H21N3O2. The Morgan fingerprint density at radius 3 is 2.58 bits per heavy atom. The third-order valence-corrected chi connectivity index (χ3v) is 4.03. The Bertz CT molecular complexity index is 937. The third kappa shape index (κ3) is 4.19. The fourth-order valence-corrected chi connectivity index (χ4v) is 2.62. The van der Waals surface area contributed by atoms with Crippen LogP contribution in [-0.4, -0.2) is 25.3 Å². The molecule has 0 fully saturated rings. The molecule has 2 N–H and O–H groups in total. The van der Waals surface area contributed by atoms with Crippen molar-refractivity contribution >= 4 is 28.6 Å². The van der Waals surface area contributed by atoms with E-state index < -0.39 is 6.04 Å². The summed E-state index contributed by atoms with van der Waals surface area (Å²) in [6, 6.07) is 21.1. The monoisotopic (exact) mass is 347 g/mol. The summed E-state index contributed by atoms with van der Waals surface area (Å²) in [6.07, 6.45) is 1.64. The SMILES string of the molecule is COc1ccccc1N[C@@H](C)C(=O)N/N=C\c1ccc2ccccc2c1. The van der Waals surface area contributed by atoms with Gasteiger partial charge < -0.3 is 10.1 Å². The van der Waals surface area contributed by atoms with E-state index in [0.29, 0.717) is 5.75 Å². The zero-order valence-corrected chi connectivity index (χ0v) is 14.8. The lowest BCUT2D eigenvalue weighted by atomic mass is 10.1. The molecule has 132 valence electrons. The summed E-state index contributed by atoms with van der Waals surface area (Å²) in [5.41, 5.74) is 4.25. The normalized spacial score (nSPS) is 12.1. The van der Waals surface area contributed by atoms with Gasteiger partial charge in [-0.25, -0.2) is 5.43 Å². The van der Waals surface area contributed by atoms with Crippen molar-refractivity contribution in [1.82, 2.24) is 5.43 Å². The smallest absolute Gasteiger partial charge is 0.262 e. The number of hydrogen-bond donors (Lipinski definition) is 2. The van der Waals surface area contributed by atoms with Crippen LogP contribution in [0.2, 0.25) is 0 Å². The Kier molecular flexibility index (Phi) is 5.49. The Morgan fingerprint density at radius 2 is 1.77 bits per heavy atom. The van der Waals surface area contributed by atoms with E-state index >= 15 is 0 Å². The average molecular weight is 347 g/mol. The lowest BCUT2D eigenvalue weighted by Crippen LogP contribution is -2.35. The number of hydrazone groups is 1. The number of carbonyl (C=O) groups excluding carboxylic acids is 1. The van der Waals surface area contributed by atoms with E-state index in [-0.39, 0.29) is 5.91 Å². The van der Waals surface area contributed by atoms with Gasteiger partial charge in [0.15, 0.2) is 0 Å². The predicted molar refractivity (Wildman–Crippen MR) is 106 cm³/mol. The van der Waals surface area contributed by atoms with E-state index in [0.717, 1.165) is 16.6 Å². The molecule has 26 heavy (non-hydrogen) atoms. The summed E-state index contributed by atoms with van der Waals surface area (Å²) in [5, 5.41) is 9.48. The number of nitrogens with one attached hydrogen (secondary N) is 2. The predicted octanol–water partition coefficient (Wildman–Crippen LogP) is 3.80. The lowest BCUT2D eigenvalue weighted by Gasteiger charge is -2.15. The van der Waals surface area contributed by atoms with Gasteiger partial charge in [0.05, 0.1) is 19.0 Å². The molecule has 0 bridgehead atoms. The van der Waals surface area contributed by atoms with Crippen LogP contribution in [-0.2, 0) is 4.79 Å². The molecule has 5 nitrogen and oxygen atoms in total. The van der Waals surface area contributed by atoms with Gasteiger partial charge in [0.25, 0.3) is 5.91 Å². The van der Waals surface area contributed by atoms with Crippen LogP contribution in [0.4, 0.5) is 5.69 Å². The van der Waals surface area contributed by atoms with Crippen LogP contribution < -0.4 is 15.5 Å². The molecule has 5 heteroatoms. The van der Waals surface area contributed by atoms with Gasteiger partial charge >= 0.3 is 0 Å². The van der Waals surface area contributed by atoms with Crippen LogP contribution in [0, 0.1) is 0 Å². The zero-order valence-electron chi connectivity index (χ0n) is 14.8. The molecule has 0 aliphatic rings. The Hall–Kier alpha value is -3.34. The largest absolute Gasteiger partial charge is 0.495 e. The second-order valence-electron chi connectivity index (χ2n) is 5.91. The molecule has 0 aliphatic heterocycles. The van der Waals surface area contributed by atoms with Crippen LogP contribution in [0.1, 0.15) is 12.5 Å². The first-order chi connectivity index (χ1) is 12.7. The topological polar surface area (TPSA) is 62.7 Å². The van der Waals surface area contributed by atoms with Crippen LogP contribution in [0.3, 0.4) is 0 Å². The summed E-state index contributed by atoms with van der Waals surface area (Å²) in [5.74, 6) is 0.458. The van der Waals surface area contributed by atoms with Crippen molar-refractivity contribution in [1.29, 1.82) is 0 Å². The molecule has 0 radical (unpaired) electrons. The minimum absolute atomic E-state index is 0.229. The van der Waals surface area contributed by atoms with Crippen LogP contribution in [0.5, 0.6) is 5.75 Å². The number of methoxy groups -OCH3 is 1. The van der Waals surface area contributed by atoms with E-state index in [1.807, 2.05) is 60.7 Å². The lowest BCUT2D eigenvalue weighted by molar-refractivity contribution is -0.121. The molecule has 0 unspecified atom stereocenters. The maximum Gasteiger partial charge on any atom is 0.262 e. The van der Waals surface area contributed by atoms with E-state index in [1.54, 1.807) is 20.2 Å². The number of hydrogen-bond acceptors (Lipinski definition) is 4. The van der Waals surface area contributed by atoms with E-state index in [2.05, 4.69) is 21.9 Å². The number of anilines is 1. The standard InChI is InChI=1S/C21H21N3O2/c1-15(23-19-9-5-6-10-20(19)26-2)21(25)24-22-14-16-11-12-17-7-3-4-8-18(17)13-16/h3-15,23H,1-2H3,(H,24,25)/b22-14-/t15-/m0/s1. The summed E-state index contributed by atoms with van der Waals surface area (Å²) < 4.78 is 5.28. The number of para-hydroxylation sites is 2. The number of rotatable bonds is 6. The van der Waals surface area contributed by atoms with Gasteiger partial charge in [0.1, 0.15) is 11.8 Å². The van der Waals surface area contributed by atoms with Crippen molar-refractivity contribution in [3.8, 4) is 5.75 Å². The summed E-state index contributed by atoms with van der Waals surface area (Å²) >= 11 is 0. The quantitative estimate of drug-likeness (QED) is 0.527. The Morgan fingerprint density at radius 1 is 1.04 bits per heavy atom. The Balaban J connectivity index is 1.60. The summed E-state index contributed by atoms with van der Waals surface area (Å²) in [4.78, 5) is 12.2. The maximum absolute atomic E-state index is 12.2. The van der Waals surface area contributed by atoms with Gasteiger partial charge in [0, 0.05) is 0 Å². The van der Waals surface area contributed by atoms with Gasteiger partial charge in [-0.2, -0.15) is 5.10 Å². The van der Waals surface area contributed by atoms with Crippen molar-refractivity contribution in [2.75, 3.05) is 12.4 Å². The van der Waals surface area contributed by atoms with E-state index in [4.69, 9.17) is 4.74 Å². The molecule has 0 aliphatic carbocycles. The van der Waals surface area contributed by atoms with Crippen molar-refractivity contribution < 1.29 is 9.53 Å². The number of nitrogens with zero attached hydrogens (tertiary/aromatic N) is 1. The fraction of sp³-hybridized carbons (Fsp3) is 0.143. The van der Waals surface area contributed by atoms with Gasteiger partial charge in [-0.3, -0.25) is 4.79 Å². The highest BCUT2D eigenvalue weighted by molar-refractivity contribution is 5.91. The molecule has 0 saturated carbocycles. The van der Waals surface area contributed by atoms with Crippen LogP contribution >= 0.6 is 0 Å². The second-order valence-corrected chi connectivity index (χ2v) is 5.91. The highest BCUT2D eigenvalue weighted by Gasteiger charge is 2.13. The molecule has 0 spiro atoms. The molecular weight excluding hydrogens is 326 g/mol. The van der Waals surface area contributed by atoms with E-state index in [1.165, 1.54) is 5.39 Å². The first kappa shape index (κ1) is 17.5. The van der Waals surface area contributed by atoms with Crippen molar-refractivity contribution in [3.63, 3.8) is 0 Å². The number of benzene rings is 3. The van der Waals surface area contributed by atoms with Crippen molar-refractivity contribution in [2.24, 2.45) is 5.10 Å². The minimum Gasteiger partial charge on any atom is -0.495 e. The first-order valence-corrected chi connectivity index (χ1v) is 8.38. The molecule has 0 heterocycles.